The number of aliphatic hydroxyl groups excluding tert-OH is 1. The van der Waals surface area contributed by atoms with Crippen molar-refractivity contribution in [3.8, 4) is 5.69 Å². The van der Waals surface area contributed by atoms with Crippen molar-refractivity contribution < 1.29 is 9.90 Å². The van der Waals surface area contributed by atoms with Gasteiger partial charge in [0.15, 0.2) is 5.69 Å². The van der Waals surface area contributed by atoms with Gasteiger partial charge in [-0.25, -0.2) is 4.68 Å². The Morgan fingerprint density at radius 3 is 2.52 bits per heavy atom. The van der Waals surface area contributed by atoms with Crippen LogP contribution in [0.2, 0.25) is 0 Å². The number of carbonyl (C=O) groups is 1. The molecule has 0 saturated carbocycles. The van der Waals surface area contributed by atoms with Crippen molar-refractivity contribution in [3.05, 3.63) is 48.3 Å². The second-order valence-corrected chi connectivity index (χ2v) is 6.28. The van der Waals surface area contributed by atoms with Crippen LogP contribution in [0.1, 0.15) is 36.7 Å². The lowest BCUT2D eigenvalue weighted by atomic mass is 9.77. The number of carbonyl (C=O) groups excluding carboxylic acids is 1. The minimum atomic E-state index is -0.0256. The molecule has 5 nitrogen and oxygen atoms in total. The number of hydrogen-bond acceptors (Lipinski definition) is 3. The van der Waals surface area contributed by atoms with Crippen molar-refractivity contribution in [1.82, 2.24) is 14.7 Å². The Morgan fingerprint density at radius 2 is 1.91 bits per heavy atom. The molecule has 1 N–H and O–H groups in total. The van der Waals surface area contributed by atoms with Gasteiger partial charge in [0.05, 0.1) is 5.69 Å². The Bertz CT molecular complexity index is 652. The van der Waals surface area contributed by atoms with Crippen molar-refractivity contribution >= 4 is 5.91 Å². The summed E-state index contributed by atoms with van der Waals surface area (Å²) in [6.07, 6.45) is 4.47. The van der Waals surface area contributed by atoms with Crippen LogP contribution in [0.4, 0.5) is 0 Å². The Hall–Kier alpha value is -2.14. The fourth-order valence-electron chi connectivity index (χ4n) is 3.13. The van der Waals surface area contributed by atoms with Gasteiger partial charge in [0.25, 0.3) is 5.91 Å². The molecule has 0 spiro atoms. The van der Waals surface area contributed by atoms with E-state index in [0.29, 0.717) is 18.8 Å². The van der Waals surface area contributed by atoms with Crippen LogP contribution in [0.15, 0.2) is 42.6 Å². The number of rotatable bonds is 4. The van der Waals surface area contributed by atoms with Crippen molar-refractivity contribution in [1.29, 1.82) is 0 Å². The number of likely N-dealkylation sites (tertiary alicyclic amines) is 1. The maximum atomic E-state index is 12.6. The summed E-state index contributed by atoms with van der Waals surface area (Å²) >= 11 is 0. The summed E-state index contributed by atoms with van der Waals surface area (Å²) in [7, 11) is 0. The molecule has 23 heavy (non-hydrogen) atoms. The maximum absolute atomic E-state index is 12.6. The van der Waals surface area contributed by atoms with Crippen LogP contribution >= 0.6 is 0 Å². The molecular weight excluding hydrogens is 290 g/mol. The minimum Gasteiger partial charge on any atom is -0.396 e. The van der Waals surface area contributed by atoms with Crippen LogP contribution in [0.25, 0.3) is 5.69 Å². The van der Waals surface area contributed by atoms with Gasteiger partial charge in [-0.3, -0.25) is 4.79 Å². The Kier molecular flexibility index (Phi) is 4.48. The summed E-state index contributed by atoms with van der Waals surface area (Å²) in [5, 5.41) is 14.0. The van der Waals surface area contributed by atoms with E-state index in [9.17, 15) is 9.90 Å². The molecule has 1 aliphatic heterocycles. The Labute approximate surface area is 136 Å². The van der Waals surface area contributed by atoms with Crippen molar-refractivity contribution in [3.63, 3.8) is 0 Å². The van der Waals surface area contributed by atoms with E-state index in [1.807, 2.05) is 41.4 Å². The highest BCUT2D eigenvalue weighted by Gasteiger charge is 2.34. The van der Waals surface area contributed by atoms with Crippen LogP contribution < -0.4 is 0 Å². The fourth-order valence-corrected chi connectivity index (χ4v) is 3.13. The van der Waals surface area contributed by atoms with E-state index in [-0.39, 0.29) is 17.9 Å². The molecule has 122 valence electrons. The summed E-state index contributed by atoms with van der Waals surface area (Å²) < 4.78 is 1.72. The van der Waals surface area contributed by atoms with E-state index >= 15 is 0 Å². The van der Waals surface area contributed by atoms with Gasteiger partial charge in [-0.1, -0.05) is 25.1 Å². The molecule has 0 aliphatic carbocycles. The maximum Gasteiger partial charge on any atom is 0.274 e. The van der Waals surface area contributed by atoms with Gasteiger partial charge < -0.3 is 10.0 Å². The zero-order valence-corrected chi connectivity index (χ0v) is 13.5. The molecule has 2 heterocycles. The average Bonchev–Trinajstić information content (AvgIpc) is 3.12. The fraction of sp³-hybridized carbons (Fsp3) is 0.444. The Morgan fingerprint density at radius 1 is 1.22 bits per heavy atom. The first-order chi connectivity index (χ1) is 11.2. The lowest BCUT2D eigenvalue weighted by Gasteiger charge is -2.40. The van der Waals surface area contributed by atoms with Crippen LogP contribution in [-0.2, 0) is 0 Å². The lowest BCUT2D eigenvalue weighted by molar-refractivity contribution is 0.0334. The van der Waals surface area contributed by atoms with Gasteiger partial charge in [0, 0.05) is 25.9 Å². The van der Waals surface area contributed by atoms with E-state index in [1.54, 1.807) is 10.7 Å². The van der Waals surface area contributed by atoms with E-state index in [2.05, 4.69) is 12.0 Å². The van der Waals surface area contributed by atoms with Gasteiger partial charge in [-0.15, -0.1) is 0 Å². The van der Waals surface area contributed by atoms with Gasteiger partial charge in [0.1, 0.15) is 0 Å². The van der Waals surface area contributed by atoms with E-state index in [1.165, 1.54) is 0 Å². The molecule has 1 saturated heterocycles. The lowest BCUT2D eigenvalue weighted by Crippen LogP contribution is -2.44. The van der Waals surface area contributed by atoms with Crippen LogP contribution in [0, 0.1) is 5.41 Å². The highest BCUT2D eigenvalue weighted by molar-refractivity contribution is 5.92. The topological polar surface area (TPSA) is 58.4 Å². The van der Waals surface area contributed by atoms with Crippen LogP contribution in [0.3, 0.4) is 0 Å². The van der Waals surface area contributed by atoms with Crippen molar-refractivity contribution in [2.24, 2.45) is 5.41 Å². The quantitative estimate of drug-likeness (QED) is 0.943. The number of hydrogen-bond donors (Lipinski definition) is 1. The number of para-hydroxylation sites is 1. The molecule has 3 rings (SSSR count). The number of aromatic nitrogens is 2. The molecule has 0 atom stereocenters. The van der Waals surface area contributed by atoms with E-state index in [4.69, 9.17) is 0 Å². The van der Waals surface area contributed by atoms with Gasteiger partial charge in [-0.05, 0) is 42.9 Å². The highest BCUT2D eigenvalue weighted by atomic mass is 16.3. The molecular formula is C18H23N3O2. The van der Waals surface area contributed by atoms with Crippen molar-refractivity contribution in [2.75, 3.05) is 19.7 Å². The molecule has 1 aromatic carbocycles. The molecule has 0 radical (unpaired) electrons. The minimum absolute atomic E-state index is 0.0137. The third-order valence-electron chi connectivity index (χ3n) is 5.03. The molecule has 1 aromatic heterocycles. The SMILES string of the molecule is CCC1(CO)CCN(C(=O)c2ccn(-c3ccccc3)n2)CC1. The second-order valence-electron chi connectivity index (χ2n) is 6.28. The largest absolute Gasteiger partial charge is 0.396 e. The molecule has 0 unspecified atom stereocenters. The zero-order valence-electron chi connectivity index (χ0n) is 13.5. The smallest absolute Gasteiger partial charge is 0.274 e. The highest BCUT2D eigenvalue weighted by Crippen LogP contribution is 2.34. The third kappa shape index (κ3) is 3.15. The first-order valence-electron chi connectivity index (χ1n) is 8.19. The summed E-state index contributed by atoms with van der Waals surface area (Å²) in [6, 6.07) is 11.5. The van der Waals surface area contributed by atoms with E-state index in [0.717, 1.165) is 24.9 Å². The summed E-state index contributed by atoms with van der Waals surface area (Å²) in [5.74, 6) is -0.0256. The zero-order chi connectivity index (χ0) is 16.3. The number of benzene rings is 1. The first-order valence-corrected chi connectivity index (χ1v) is 8.19. The number of amides is 1. The summed E-state index contributed by atoms with van der Waals surface area (Å²) in [4.78, 5) is 14.5. The second kappa shape index (κ2) is 6.54. The first kappa shape index (κ1) is 15.7. The van der Waals surface area contributed by atoms with Gasteiger partial charge >= 0.3 is 0 Å². The predicted octanol–water partition coefficient (Wildman–Crippen LogP) is 2.50. The third-order valence-corrected chi connectivity index (χ3v) is 5.03. The van der Waals surface area contributed by atoms with Crippen molar-refractivity contribution in [2.45, 2.75) is 26.2 Å². The van der Waals surface area contributed by atoms with Crippen LogP contribution in [-0.4, -0.2) is 45.4 Å². The normalized spacial score (nSPS) is 17.2. The van der Waals surface area contributed by atoms with Gasteiger partial charge in [-0.2, -0.15) is 5.10 Å². The number of nitrogens with zero attached hydrogens (tertiary/aromatic N) is 3. The average molecular weight is 313 g/mol. The van der Waals surface area contributed by atoms with E-state index < -0.39 is 0 Å². The Balaban J connectivity index is 1.69. The summed E-state index contributed by atoms with van der Waals surface area (Å²) in [6.45, 7) is 3.68. The number of aliphatic hydroxyl groups is 1. The summed E-state index contributed by atoms with van der Waals surface area (Å²) in [5.41, 5.74) is 1.40. The standard InChI is InChI=1S/C18H23N3O2/c1-2-18(14-22)9-12-20(13-10-18)17(23)16-8-11-21(19-16)15-6-4-3-5-7-15/h3-8,11,22H,2,9-10,12-14H2,1H3. The number of piperidine rings is 1. The molecule has 1 fully saturated rings. The van der Waals surface area contributed by atoms with Crippen LogP contribution in [0.5, 0.6) is 0 Å². The predicted molar refractivity (Wildman–Crippen MR) is 88.5 cm³/mol. The molecule has 1 amide bonds. The molecule has 0 bridgehead atoms. The molecule has 1 aliphatic rings. The monoisotopic (exact) mass is 313 g/mol. The van der Waals surface area contributed by atoms with Gasteiger partial charge in [0.2, 0.25) is 0 Å². The molecule has 2 aromatic rings. The molecule has 5 heteroatoms.